The molecular formula is C21H24ClFN4O3. The molecule has 2 aromatic rings. The van der Waals surface area contributed by atoms with E-state index >= 15 is 0 Å². The quantitative estimate of drug-likeness (QED) is 0.745. The molecule has 0 saturated carbocycles. The largest absolute Gasteiger partial charge is 0.444 e. The van der Waals surface area contributed by atoms with Gasteiger partial charge in [-0.25, -0.2) is 9.18 Å². The Hall–Kier alpha value is -3.05. The first kappa shape index (κ1) is 23.2. The third kappa shape index (κ3) is 5.97. The highest BCUT2D eigenvalue weighted by Crippen LogP contribution is 2.21. The zero-order chi connectivity index (χ0) is 22.5. The summed E-state index contributed by atoms with van der Waals surface area (Å²) in [6.07, 6.45) is -0.590. The first-order chi connectivity index (χ1) is 14.0. The van der Waals surface area contributed by atoms with E-state index in [-0.39, 0.29) is 41.6 Å². The number of nitrogens with zero attached hydrogens (tertiary/aromatic N) is 3. The van der Waals surface area contributed by atoms with Gasteiger partial charge in [0.1, 0.15) is 28.9 Å². The lowest BCUT2D eigenvalue weighted by atomic mass is 10.2. The minimum Gasteiger partial charge on any atom is -0.444 e. The van der Waals surface area contributed by atoms with Crippen molar-refractivity contribution in [3.05, 3.63) is 58.1 Å². The maximum absolute atomic E-state index is 14.1. The fourth-order valence-corrected chi connectivity index (χ4v) is 2.99. The molecule has 0 aliphatic rings. The Balaban J connectivity index is 2.12. The number of halogens is 2. The second-order valence-electron chi connectivity index (χ2n) is 7.66. The maximum Gasteiger partial charge on any atom is 0.407 e. The highest BCUT2D eigenvalue weighted by Gasteiger charge is 2.21. The summed E-state index contributed by atoms with van der Waals surface area (Å²) in [5.41, 5.74) is 0.0852. The summed E-state index contributed by atoms with van der Waals surface area (Å²) in [6, 6.07) is 9.38. The fraction of sp³-hybridized carbons (Fsp3) is 0.381. The van der Waals surface area contributed by atoms with Crippen molar-refractivity contribution in [3.63, 3.8) is 0 Å². The number of nitriles is 1. The Bertz CT molecular complexity index is 955. The molecule has 7 nitrogen and oxygen atoms in total. The Labute approximate surface area is 180 Å². The SMILES string of the molecule is CN(Cc1c(F)cccc1Cl)C(=O)c1ccc(C#N)n1CCNC(=O)OC(C)(C)C. The molecule has 1 heterocycles. The van der Waals surface area contributed by atoms with Gasteiger partial charge in [-0.3, -0.25) is 4.79 Å². The normalized spacial score (nSPS) is 11.0. The van der Waals surface area contributed by atoms with E-state index in [1.165, 1.54) is 40.8 Å². The van der Waals surface area contributed by atoms with E-state index in [1.54, 1.807) is 26.8 Å². The third-order valence-corrected chi connectivity index (χ3v) is 4.48. The molecule has 0 saturated heterocycles. The van der Waals surface area contributed by atoms with E-state index < -0.39 is 23.4 Å². The monoisotopic (exact) mass is 434 g/mol. The lowest BCUT2D eigenvalue weighted by molar-refractivity contribution is 0.0526. The molecule has 1 N–H and O–H groups in total. The molecule has 9 heteroatoms. The van der Waals surface area contributed by atoms with Gasteiger partial charge in [0, 0.05) is 30.7 Å². The fourth-order valence-electron chi connectivity index (χ4n) is 2.76. The van der Waals surface area contributed by atoms with Gasteiger partial charge in [0.2, 0.25) is 0 Å². The molecule has 0 aliphatic heterocycles. The molecule has 0 radical (unpaired) electrons. The molecule has 2 rings (SSSR count). The number of alkyl carbamates (subject to hydrolysis) is 1. The van der Waals surface area contributed by atoms with Crippen LogP contribution in [0.1, 0.15) is 42.5 Å². The number of carbonyl (C=O) groups excluding carboxylic acids is 2. The molecule has 30 heavy (non-hydrogen) atoms. The van der Waals surface area contributed by atoms with Crippen LogP contribution in [0, 0.1) is 17.1 Å². The summed E-state index contributed by atoms with van der Waals surface area (Å²) in [4.78, 5) is 26.0. The highest BCUT2D eigenvalue weighted by atomic mass is 35.5. The predicted octanol–water partition coefficient (Wildman–Crippen LogP) is 3.95. The summed E-state index contributed by atoms with van der Waals surface area (Å²) in [5, 5.41) is 12.2. The van der Waals surface area contributed by atoms with Gasteiger partial charge in [-0.2, -0.15) is 5.26 Å². The molecule has 160 valence electrons. The second kappa shape index (κ2) is 9.63. The number of hydrogen-bond acceptors (Lipinski definition) is 4. The van der Waals surface area contributed by atoms with Crippen molar-refractivity contribution in [3.8, 4) is 6.07 Å². The van der Waals surface area contributed by atoms with E-state index in [4.69, 9.17) is 16.3 Å². The third-order valence-electron chi connectivity index (χ3n) is 4.12. The van der Waals surface area contributed by atoms with Crippen LogP contribution in [0.3, 0.4) is 0 Å². The predicted molar refractivity (Wildman–Crippen MR) is 111 cm³/mol. The average Bonchev–Trinajstić information content (AvgIpc) is 3.05. The summed E-state index contributed by atoms with van der Waals surface area (Å²) in [7, 11) is 1.52. The number of nitrogens with one attached hydrogen (secondary N) is 1. The van der Waals surface area contributed by atoms with Crippen molar-refractivity contribution in [1.82, 2.24) is 14.8 Å². The number of rotatable bonds is 6. The van der Waals surface area contributed by atoms with Crippen LogP contribution < -0.4 is 5.32 Å². The van der Waals surface area contributed by atoms with Gasteiger partial charge in [-0.05, 0) is 45.0 Å². The van der Waals surface area contributed by atoms with Gasteiger partial charge in [0.05, 0.1) is 6.54 Å². The summed E-state index contributed by atoms with van der Waals surface area (Å²) < 4.78 is 20.7. The highest BCUT2D eigenvalue weighted by molar-refractivity contribution is 6.31. The lowest BCUT2D eigenvalue weighted by Crippen LogP contribution is -2.35. The van der Waals surface area contributed by atoms with Crippen molar-refractivity contribution in [2.24, 2.45) is 0 Å². The van der Waals surface area contributed by atoms with Crippen molar-refractivity contribution in [1.29, 1.82) is 5.26 Å². The summed E-state index contributed by atoms with van der Waals surface area (Å²) >= 11 is 6.05. The number of benzene rings is 1. The smallest absolute Gasteiger partial charge is 0.407 e. The number of ether oxygens (including phenoxy) is 1. The van der Waals surface area contributed by atoms with Crippen LogP contribution in [-0.4, -0.2) is 40.7 Å². The van der Waals surface area contributed by atoms with Gasteiger partial charge in [0.15, 0.2) is 0 Å². The lowest BCUT2D eigenvalue weighted by Gasteiger charge is -2.21. The van der Waals surface area contributed by atoms with Crippen molar-refractivity contribution >= 4 is 23.6 Å². The Morgan fingerprint density at radius 2 is 2.00 bits per heavy atom. The van der Waals surface area contributed by atoms with E-state index in [1.807, 2.05) is 6.07 Å². The minimum absolute atomic E-state index is 0.0342. The van der Waals surface area contributed by atoms with E-state index in [9.17, 15) is 19.2 Å². The zero-order valence-electron chi connectivity index (χ0n) is 17.3. The van der Waals surface area contributed by atoms with Crippen LogP contribution in [0.15, 0.2) is 30.3 Å². The van der Waals surface area contributed by atoms with Crippen LogP contribution in [0.4, 0.5) is 9.18 Å². The summed E-state index contributed by atoms with van der Waals surface area (Å²) in [5.74, 6) is -0.912. The van der Waals surface area contributed by atoms with Gasteiger partial charge in [0.25, 0.3) is 5.91 Å². The second-order valence-corrected chi connectivity index (χ2v) is 8.06. The zero-order valence-corrected chi connectivity index (χ0v) is 18.1. The number of carbonyl (C=O) groups is 2. The maximum atomic E-state index is 14.1. The van der Waals surface area contributed by atoms with Crippen molar-refractivity contribution in [2.45, 2.75) is 39.5 Å². The number of hydrogen-bond donors (Lipinski definition) is 1. The van der Waals surface area contributed by atoms with Crippen molar-refractivity contribution < 1.29 is 18.7 Å². The molecule has 0 spiro atoms. The Kier molecular flexibility index (Phi) is 7.46. The van der Waals surface area contributed by atoms with Gasteiger partial charge >= 0.3 is 6.09 Å². The molecule has 0 atom stereocenters. The average molecular weight is 435 g/mol. The number of aromatic nitrogens is 1. The topological polar surface area (TPSA) is 87.4 Å². The molecule has 0 unspecified atom stereocenters. The Morgan fingerprint density at radius 3 is 2.60 bits per heavy atom. The standard InChI is InChI=1S/C21H24ClFN4O3/c1-21(2,3)30-20(29)25-10-11-27-14(12-24)8-9-18(27)19(28)26(4)13-15-16(22)6-5-7-17(15)23/h5-9H,10-11,13H2,1-4H3,(H,25,29). The first-order valence-electron chi connectivity index (χ1n) is 9.28. The minimum atomic E-state index is -0.632. The molecule has 0 bridgehead atoms. The van der Waals surface area contributed by atoms with Crippen LogP contribution in [0.2, 0.25) is 5.02 Å². The van der Waals surface area contributed by atoms with E-state index in [0.29, 0.717) is 0 Å². The molecular weight excluding hydrogens is 411 g/mol. The molecule has 0 fully saturated rings. The van der Waals surface area contributed by atoms with Crippen LogP contribution in [-0.2, 0) is 17.8 Å². The Morgan fingerprint density at radius 1 is 1.30 bits per heavy atom. The van der Waals surface area contributed by atoms with Gasteiger partial charge in [-0.1, -0.05) is 17.7 Å². The number of amides is 2. The molecule has 1 aromatic carbocycles. The van der Waals surface area contributed by atoms with Crippen LogP contribution in [0.5, 0.6) is 0 Å². The first-order valence-corrected chi connectivity index (χ1v) is 9.66. The molecule has 0 aliphatic carbocycles. The van der Waals surface area contributed by atoms with Gasteiger partial charge in [-0.15, -0.1) is 0 Å². The van der Waals surface area contributed by atoms with Gasteiger partial charge < -0.3 is 19.5 Å². The van der Waals surface area contributed by atoms with Crippen LogP contribution in [0.25, 0.3) is 0 Å². The molecule has 2 amide bonds. The van der Waals surface area contributed by atoms with E-state index in [2.05, 4.69) is 5.32 Å². The summed E-state index contributed by atoms with van der Waals surface area (Å²) in [6.45, 7) is 5.56. The van der Waals surface area contributed by atoms with E-state index in [0.717, 1.165) is 0 Å². The molecule has 1 aromatic heterocycles. The van der Waals surface area contributed by atoms with Crippen LogP contribution >= 0.6 is 11.6 Å². The van der Waals surface area contributed by atoms with Crippen molar-refractivity contribution in [2.75, 3.05) is 13.6 Å².